The molecule has 1 aromatic carbocycles. The largest absolute Gasteiger partial charge is 0.360 e. The predicted octanol–water partition coefficient (Wildman–Crippen LogP) is -0.717. The van der Waals surface area contributed by atoms with Crippen molar-refractivity contribution in [1.29, 1.82) is 0 Å². The molecule has 1 atom stereocenters. The average molecular weight is 291 g/mol. The highest BCUT2D eigenvalue weighted by molar-refractivity contribution is 5.95. The SMILES string of the molecule is Cc1ccccc1N1CC[NH+]([C@@H](C)C(=O)NC(N)=O)CC1. The number of carbonyl (C=O) groups is 2. The number of nitrogens with two attached hydrogens (primary N) is 1. The van der Waals surface area contributed by atoms with Gasteiger partial charge in [-0.25, -0.2) is 4.79 Å². The minimum Gasteiger partial charge on any atom is -0.360 e. The van der Waals surface area contributed by atoms with Crippen LogP contribution >= 0.6 is 0 Å². The van der Waals surface area contributed by atoms with Gasteiger partial charge in [-0.1, -0.05) is 18.2 Å². The second-order valence-electron chi connectivity index (χ2n) is 5.51. The number of hydrogen-bond acceptors (Lipinski definition) is 3. The number of nitrogens with one attached hydrogen (secondary N) is 2. The highest BCUT2D eigenvalue weighted by Gasteiger charge is 2.29. The number of aryl methyl sites for hydroxylation is 1. The number of anilines is 1. The van der Waals surface area contributed by atoms with Gasteiger partial charge in [-0.15, -0.1) is 0 Å². The quantitative estimate of drug-likeness (QED) is 0.688. The topological polar surface area (TPSA) is 79.9 Å². The fourth-order valence-electron chi connectivity index (χ4n) is 2.80. The van der Waals surface area contributed by atoms with Gasteiger partial charge < -0.3 is 15.5 Å². The minimum atomic E-state index is -0.787. The summed E-state index contributed by atoms with van der Waals surface area (Å²) in [6.45, 7) is 7.46. The Morgan fingerprint density at radius 3 is 2.48 bits per heavy atom. The Hall–Kier alpha value is -2.08. The molecule has 1 aliphatic heterocycles. The monoisotopic (exact) mass is 291 g/mol. The lowest BCUT2D eigenvalue weighted by atomic mass is 10.1. The van der Waals surface area contributed by atoms with Gasteiger partial charge in [-0.05, 0) is 25.5 Å². The summed E-state index contributed by atoms with van der Waals surface area (Å²) in [7, 11) is 0. The molecule has 0 bridgehead atoms. The summed E-state index contributed by atoms with van der Waals surface area (Å²) in [5.74, 6) is -0.304. The molecule has 1 aromatic rings. The maximum Gasteiger partial charge on any atom is 0.319 e. The molecule has 0 spiro atoms. The maximum atomic E-state index is 11.8. The van der Waals surface area contributed by atoms with Crippen LogP contribution in [0.5, 0.6) is 0 Å². The number of amides is 3. The fourth-order valence-corrected chi connectivity index (χ4v) is 2.80. The lowest BCUT2D eigenvalue weighted by Gasteiger charge is -2.36. The Labute approximate surface area is 124 Å². The van der Waals surface area contributed by atoms with Crippen LogP contribution in [-0.4, -0.2) is 44.2 Å². The van der Waals surface area contributed by atoms with Gasteiger partial charge in [0.1, 0.15) is 0 Å². The third-order valence-corrected chi connectivity index (χ3v) is 4.11. The van der Waals surface area contributed by atoms with Crippen LogP contribution in [0.2, 0.25) is 0 Å². The molecule has 0 unspecified atom stereocenters. The van der Waals surface area contributed by atoms with E-state index in [9.17, 15) is 9.59 Å². The van der Waals surface area contributed by atoms with Crippen molar-refractivity contribution in [2.24, 2.45) is 5.73 Å². The summed E-state index contributed by atoms with van der Waals surface area (Å²) in [5.41, 5.74) is 7.51. The molecule has 1 heterocycles. The molecule has 0 saturated carbocycles. The van der Waals surface area contributed by atoms with Gasteiger partial charge in [0.05, 0.1) is 26.2 Å². The number of para-hydroxylation sites is 1. The maximum absolute atomic E-state index is 11.8. The van der Waals surface area contributed by atoms with Crippen molar-refractivity contribution in [3.8, 4) is 0 Å². The van der Waals surface area contributed by atoms with E-state index in [1.54, 1.807) is 0 Å². The first-order valence-electron chi connectivity index (χ1n) is 7.24. The number of piperazine rings is 1. The smallest absolute Gasteiger partial charge is 0.319 e. The van der Waals surface area contributed by atoms with Crippen LogP contribution in [0, 0.1) is 6.92 Å². The number of benzene rings is 1. The van der Waals surface area contributed by atoms with E-state index in [2.05, 4.69) is 29.3 Å². The van der Waals surface area contributed by atoms with E-state index in [1.165, 1.54) is 16.2 Å². The molecule has 1 saturated heterocycles. The van der Waals surface area contributed by atoms with Crippen molar-refractivity contribution in [1.82, 2.24) is 5.32 Å². The van der Waals surface area contributed by atoms with E-state index in [0.717, 1.165) is 26.2 Å². The van der Waals surface area contributed by atoms with Crippen LogP contribution in [0.25, 0.3) is 0 Å². The van der Waals surface area contributed by atoms with Gasteiger partial charge in [0.25, 0.3) is 5.91 Å². The van der Waals surface area contributed by atoms with E-state index in [4.69, 9.17) is 5.73 Å². The molecule has 6 nitrogen and oxygen atoms in total. The van der Waals surface area contributed by atoms with Gasteiger partial charge in [-0.3, -0.25) is 10.1 Å². The first-order valence-corrected chi connectivity index (χ1v) is 7.24. The van der Waals surface area contributed by atoms with Crippen molar-refractivity contribution < 1.29 is 14.5 Å². The van der Waals surface area contributed by atoms with Gasteiger partial charge in [0.2, 0.25) is 0 Å². The molecule has 1 fully saturated rings. The number of urea groups is 1. The highest BCUT2D eigenvalue weighted by atomic mass is 16.2. The van der Waals surface area contributed by atoms with Crippen molar-refractivity contribution in [2.45, 2.75) is 19.9 Å². The zero-order valence-corrected chi connectivity index (χ0v) is 12.6. The number of nitrogens with zero attached hydrogens (tertiary/aromatic N) is 1. The Bertz CT molecular complexity index is 524. The molecule has 0 aliphatic carbocycles. The van der Waals surface area contributed by atoms with E-state index < -0.39 is 6.03 Å². The molecule has 1 aliphatic rings. The molecular formula is C15H23N4O2+. The molecule has 21 heavy (non-hydrogen) atoms. The fraction of sp³-hybridized carbons (Fsp3) is 0.467. The van der Waals surface area contributed by atoms with Crippen molar-refractivity contribution in [3.63, 3.8) is 0 Å². The third kappa shape index (κ3) is 3.72. The molecule has 0 aromatic heterocycles. The normalized spacial score (nSPS) is 17.3. The summed E-state index contributed by atoms with van der Waals surface area (Å²) in [6.07, 6.45) is 0. The lowest BCUT2D eigenvalue weighted by molar-refractivity contribution is -0.914. The Balaban J connectivity index is 1.93. The zero-order chi connectivity index (χ0) is 15.4. The summed E-state index contributed by atoms with van der Waals surface area (Å²) < 4.78 is 0. The first kappa shape index (κ1) is 15.3. The molecular weight excluding hydrogens is 268 g/mol. The molecule has 6 heteroatoms. The number of carbonyl (C=O) groups excluding carboxylic acids is 2. The van der Waals surface area contributed by atoms with Crippen molar-refractivity contribution in [3.05, 3.63) is 29.8 Å². The van der Waals surface area contributed by atoms with Crippen LogP contribution in [0.15, 0.2) is 24.3 Å². The van der Waals surface area contributed by atoms with Gasteiger partial charge >= 0.3 is 6.03 Å². The van der Waals surface area contributed by atoms with Crippen LogP contribution in [0.3, 0.4) is 0 Å². The van der Waals surface area contributed by atoms with Gasteiger partial charge in [0.15, 0.2) is 6.04 Å². The van der Waals surface area contributed by atoms with Gasteiger partial charge in [-0.2, -0.15) is 0 Å². The van der Waals surface area contributed by atoms with E-state index in [0.29, 0.717) is 0 Å². The Kier molecular flexibility index (Phi) is 4.80. The number of rotatable bonds is 3. The molecule has 114 valence electrons. The minimum absolute atomic E-state index is 0.267. The van der Waals surface area contributed by atoms with Crippen LogP contribution < -0.4 is 20.9 Å². The van der Waals surface area contributed by atoms with Crippen molar-refractivity contribution >= 4 is 17.6 Å². The summed E-state index contributed by atoms with van der Waals surface area (Å²) in [6, 6.07) is 7.27. The van der Waals surface area contributed by atoms with Crippen molar-refractivity contribution in [2.75, 3.05) is 31.1 Å². The third-order valence-electron chi connectivity index (χ3n) is 4.11. The van der Waals surface area contributed by atoms with E-state index in [1.807, 2.05) is 19.1 Å². The summed E-state index contributed by atoms with van der Waals surface area (Å²) >= 11 is 0. The Morgan fingerprint density at radius 1 is 1.29 bits per heavy atom. The second-order valence-corrected chi connectivity index (χ2v) is 5.51. The number of primary amides is 1. The van der Waals surface area contributed by atoms with Gasteiger partial charge in [0, 0.05) is 5.69 Å². The molecule has 0 radical (unpaired) electrons. The molecule has 4 N–H and O–H groups in total. The molecule has 3 amide bonds. The molecule has 2 rings (SSSR count). The predicted molar refractivity (Wildman–Crippen MR) is 81.3 cm³/mol. The standard InChI is InChI=1S/C15H22N4O2/c1-11-5-3-4-6-13(11)19-9-7-18(8-10-19)12(2)14(20)17-15(16)21/h3-6,12H,7-10H2,1-2H3,(H3,16,17,20,21)/p+1/t12-/m0/s1. The zero-order valence-electron chi connectivity index (χ0n) is 12.6. The summed E-state index contributed by atoms with van der Waals surface area (Å²) in [4.78, 5) is 26.1. The number of quaternary nitrogens is 1. The van der Waals surface area contributed by atoms with E-state index in [-0.39, 0.29) is 11.9 Å². The van der Waals surface area contributed by atoms with Crippen LogP contribution in [-0.2, 0) is 4.79 Å². The summed E-state index contributed by atoms with van der Waals surface area (Å²) in [5, 5.41) is 2.16. The van der Waals surface area contributed by atoms with Crippen LogP contribution in [0.4, 0.5) is 10.5 Å². The highest BCUT2D eigenvalue weighted by Crippen LogP contribution is 2.18. The average Bonchev–Trinajstić information content (AvgIpc) is 2.46. The van der Waals surface area contributed by atoms with E-state index >= 15 is 0 Å². The lowest BCUT2D eigenvalue weighted by Crippen LogP contribution is -3.19. The Morgan fingerprint density at radius 2 is 1.90 bits per heavy atom. The first-order chi connectivity index (χ1) is 9.99. The second kappa shape index (κ2) is 6.58. The number of imide groups is 1. The number of hydrogen-bond donors (Lipinski definition) is 3. The van der Waals surface area contributed by atoms with Crippen LogP contribution in [0.1, 0.15) is 12.5 Å².